The van der Waals surface area contributed by atoms with Gasteiger partial charge < -0.3 is 4.74 Å². The van der Waals surface area contributed by atoms with Crippen LogP contribution in [0, 0.1) is 0 Å². The molecule has 0 aliphatic carbocycles. The number of esters is 1. The van der Waals surface area contributed by atoms with Gasteiger partial charge in [0.05, 0.1) is 7.11 Å². The minimum absolute atomic E-state index is 0.0966. The van der Waals surface area contributed by atoms with Gasteiger partial charge in [0.1, 0.15) is 0 Å². The summed E-state index contributed by atoms with van der Waals surface area (Å²) in [6.45, 7) is 3.45. The number of methoxy groups -OCH3 is 1. The number of ether oxygens (including phenoxy) is 1. The van der Waals surface area contributed by atoms with E-state index in [0.29, 0.717) is 4.73 Å². The zero-order chi connectivity index (χ0) is 9.14. The van der Waals surface area contributed by atoms with Crippen LogP contribution in [0.25, 0.3) is 6.20 Å². The number of aromatic nitrogens is 3. The topological polar surface area (TPSA) is 57.0 Å². The van der Waals surface area contributed by atoms with Crippen LogP contribution in [0.4, 0.5) is 0 Å². The number of halogens is 1. The lowest BCUT2D eigenvalue weighted by atomic mass is 10.6. The maximum Gasteiger partial charge on any atom is 0.376 e. The third kappa shape index (κ3) is 1.53. The summed E-state index contributed by atoms with van der Waals surface area (Å²) in [6, 6.07) is 0. The van der Waals surface area contributed by atoms with Gasteiger partial charge in [-0.3, -0.25) is 0 Å². The van der Waals surface area contributed by atoms with Crippen molar-refractivity contribution in [1.82, 2.24) is 14.8 Å². The van der Waals surface area contributed by atoms with E-state index >= 15 is 0 Å². The normalized spacial score (nSPS) is 9.50. The van der Waals surface area contributed by atoms with Gasteiger partial charge in [-0.05, 0) is 15.9 Å². The lowest BCUT2D eigenvalue weighted by Crippen LogP contribution is -2.08. The summed E-state index contributed by atoms with van der Waals surface area (Å²) in [5.41, 5.74) is 0. The van der Waals surface area contributed by atoms with Crippen LogP contribution in [0.1, 0.15) is 10.6 Å². The molecule has 5 nitrogen and oxygen atoms in total. The lowest BCUT2D eigenvalue weighted by Gasteiger charge is -1.95. The van der Waals surface area contributed by atoms with Gasteiger partial charge >= 0.3 is 5.97 Å². The SMILES string of the molecule is C=Cn1nc(Br)nc1C(=O)OC. The van der Waals surface area contributed by atoms with Crippen LogP contribution in [-0.4, -0.2) is 27.8 Å². The van der Waals surface area contributed by atoms with Crippen LogP contribution in [0.2, 0.25) is 0 Å². The molecule has 0 atom stereocenters. The monoisotopic (exact) mass is 231 g/mol. The van der Waals surface area contributed by atoms with Crippen LogP contribution < -0.4 is 0 Å². The average molecular weight is 232 g/mol. The Kier molecular flexibility index (Phi) is 2.59. The first-order valence-corrected chi connectivity index (χ1v) is 3.81. The van der Waals surface area contributed by atoms with Crippen LogP contribution in [0.5, 0.6) is 0 Å². The molecule has 0 aromatic carbocycles. The Hall–Kier alpha value is -1.17. The summed E-state index contributed by atoms with van der Waals surface area (Å²) >= 11 is 3.02. The largest absolute Gasteiger partial charge is 0.463 e. The maximum atomic E-state index is 11.0. The summed E-state index contributed by atoms with van der Waals surface area (Å²) in [5.74, 6) is -0.451. The van der Waals surface area contributed by atoms with Crippen molar-refractivity contribution < 1.29 is 9.53 Å². The molecule has 0 aliphatic heterocycles. The minimum Gasteiger partial charge on any atom is -0.463 e. The zero-order valence-corrected chi connectivity index (χ0v) is 7.91. The second-order valence-electron chi connectivity index (χ2n) is 1.82. The smallest absolute Gasteiger partial charge is 0.376 e. The van der Waals surface area contributed by atoms with Crippen molar-refractivity contribution in [2.75, 3.05) is 7.11 Å². The molecule has 64 valence electrons. The molecule has 0 fully saturated rings. The van der Waals surface area contributed by atoms with Gasteiger partial charge in [-0.2, -0.15) is 4.98 Å². The van der Waals surface area contributed by atoms with E-state index in [9.17, 15) is 4.79 Å². The van der Waals surface area contributed by atoms with Crippen LogP contribution in [-0.2, 0) is 4.74 Å². The Morgan fingerprint density at radius 3 is 3.00 bits per heavy atom. The highest BCUT2D eigenvalue weighted by molar-refractivity contribution is 9.10. The predicted octanol–water partition coefficient (Wildman–Crippen LogP) is 0.928. The Morgan fingerprint density at radius 1 is 1.83 bits per heavy atom. The first kappa shape index (κ1) is 8.92. The molecule has 0 saturated carbocycles. The highest BCUT2D eigenvalue weighted by atomic mass is 79.9. The summed E-state index contributed by atoms with van der Waals surface area (Å²) in [7, 11) is 1.28. The molecule has 6 heteroatoms. The van der Waals surface area contributed by atoms with Gasteiger partial charge in [-0.1, -0.05) is 6.58 Å². The number of hydrogen-bond donors (Lipinski definition) is 0. The van der Waals surface area contributed by atoms with Gasteiger partial charge in [-0.15, -0.1) is 5.10 Å². The van der Waals surface area contributed by atoms with Crippen molar-refractivity contribution in [1.29, 1.82) is 0 Å². The molecule has 0 bridgehead atoms. The van der Waals surface area contributed by atoms with Crippen molar-refractivity contribution in [2.24, 2.45) is 0 Å². The molecule has 1 aromatic heterocycles. The first-order chi connectivity index (χ1) is 5.69. The summed E-state index contributed by atoms with van der Waals surface area (Å²) in [6.07, 6.45) is 1.37. The second-order valence-corrected chi connectivity index (χ2v) is 2.53. The van der Waals surface area contributed by atoms with Gasteiger partial charge in [0, 0.05) is 6.20 Å². The van der Waals surface area contributed by atoms with E-state index in [1.54, 1.807) is 0 Å². The first-order valence-electron chi connectivity index (χ1n) is 3.02. The molecule has 0 unspecified atom stereocenters. The standard InChI is InChI=1S/C6H6BrN3O2/c1-3-10-4(5(11)12-2)8-6(7)9-10/h3H,1H2,2H3. The van der Waals surface area contributed by atoms with Crippen LogP contribution >= 0.6 is 15.9 Å². The van der Waals surface area contributed by atoms with Gasteiger partial charge in [0.15, 0.2) is 0 Å². The number of hydrogen-bond acceptors (Lipinski definition) is 4. The van der Waals surface area contributed by atoms with Crippen molar-refractivity contribution in [3.63, 3.8) is 0 Å². The van der Waals surface area contributed by atoms with Crippen molar-refractivity contribution >= 4 is 28.1 Å². The minimum atomic E-state index is -0.548. The fourth-order valence-corrected chi connectivity index (χ4v) is 0.994. The molecule has 0 radical (unpaired) electrons. The second kappa shape index (κ2) is 3.48. The van der Waals surface area contributed by atoms with Crippen LogP contribution in [0.15, 0.2) is 11.3 Å². The van der Waals surface area contributed by atoms with E-state index in [2.05, 4.69) is 37.3 Å². The average Bonchev–Trinajstić information content (AvgIpc) is 2.45. The molecule has 1 rings (SSSR count). The van der Waals surface area contributed by atoms with E-state index in [4.69, 9.17) is 0 Å². The quantitative estimate of drug-likeness (QED) is 0.711. The number of carbonyl (C=O) groups is 1. The van der Waals surface area contributed by atoms with E-state index < -0.39 is 5.97 Å². The lowest BCUT2D eigenvalue weighted by molar-refractivity contribution is 0.0584. The van der Waals surface area contributed by atoms with Gasteiger partial charge in [0.2, 0.25) is 10.6 Å². The zero-order valence-electron chi connectivity index (χ0n) is 6.32. The van der Waals surface area contributed by atoms with E-state index in [-0.39, 0.29) is 5.82 Å². The highest BCUT2D eigenvalue weighted by Crippen LogP contribution is 2.05. The molecule has 0 N–H and O–H groups in total. The predicted molar refractivity (Wildman–Crippen MR) is 45.4 cm³/mol. The van der Waals surface area contributed by atoms with Crippen molar-refractivity contribution in [3.8, 4) is 0 Å². The van der Waals surface area contributed by atoms with Crippen molar-refractivity contribution in [3.05, 3.63) is 17.1 Å². The van der Waals surface area contributed by atoms with Crippen LogP contribution in [0.3, 0.4) is 0 Å². The third-order valence-corrected chi connectivity index (χ3v) is 1.48. The van der Waals surface area contributed by atoms with Gasteiger partial charge in [0.25, 0.3) is 0 Å². The molecule has 1 aromatic rings. The Labute approximate surface area is 77.2 Å². The molecule has 0 aliphatic rings. The number of rotatable bonds is 2. The van der Waals surface area contributed by atoms with E-state index in [1.807, 2.05) is 0 Å². The Bertz CT molecular complexity index is 321. The van der Waals surface area contributed by atoms with E-state index in [1.165, 1.54) is 18.0 Å². The Morgan fingerprint density at radius 2 is 2.50 bits per heavy atom. The summed E-state index contributed by atoms with van der Waals surface area (Å²) in [5, 5.41) is 3.80. The molecular formula is C6H6BrN3O2. The van der Waals surface area contributed by atoms with Crippen molar-refractivity contribution in [2.45, 2.75) is 0 Å². The third-order valence-electron chi connectivity index (χ3n) is 1.15. The number of carbonyl (C=O) groups excluding carboxylic acids is 1. The number of nitrogens with zero attached hydrogens (tertiary/aromatic N) is 3. The molecule has 0 amide bonds. The fraction of sp³-hybridized carbons (Fsp3) is 0.167. The Balaban J connectivity index is 3.12. The maximum absolute atomic E-state index is 11.0. The van der Waals surface area contributed by atoms with E-state index in [0.717, 1.165) is 0 Å². The van der Waals surface area contributed by atoms with Gasteiger partial charge in [-0.25, -0.2) is 9.48 Å². The molecular weight excluding hydrogens is 226 g/mol. The molecule has 0 saturated heterocycles. The molecule has 1 heterocycles. The summed E-state index contributed by atoms with van der Waals surface area (Å²) in [4.78, 5) is 14.8. The summed E-state index contributed by atoms with van der Waals surface area (Å²) < 4.78 is 6.02. The molecule has 12 heavy (non-hydrogen) atoms. The molecule has 0 spiro atoms. The fourth-order valence-electron chi connectivity index (χ4n) is 0.655. The highest BCUT2D eigenvalue weighted by Gasteiger charge is 2.14.